The molecule has 3 aliphatic rings. The third-order valence-electron chi connectivity index (χ3n) is 5.88. The smallest absolute Gasteiger partial charge is 0.0698 e. The van der Waals surface area contributed by atoms with Gasteiger partial charge in [0.05, 0.1) is 6.10 Å². The number of hydrogen-bond acceptors (Lipinski definition) is 3. The molecule has 3 heteroatoms. The number of nitrogens with zero attached hydrogens (tertiary/aromatic N) is 1. The standard InChI is InChI=1S/C18H34N2O/c1-15-5-3-9-18(11-15,13-19-16-7-8-16)14-20-10-4-6-17(12-20)21-2/h15-17,19H,3-14H2,1-2H3. The average Bonchev–Trinajstić information content (AvgIpc) is 3.30. The zero-order valence-corrected chi connectivity index (χ0v) is 14.1. The molecule has 0 spiro atoms. The molecule has 0 aromatic heterocycles. The number of piperidine rings is 1. The first-order chi connectivity index (χ1) is 10.2. The second kappa shape index (κ2) is 6.97. The van der Waals surface area contributed by atoms with Gasteiger partial charge in [-0.2, -0.15) is 0 Å². The van der Waals surface area contributed by atoms with E-state index >= 15 is 0 Å². The van der Waals surface area contributed by atoms with E-state index < -0.39 is 0 Å². The van der Waals surface area contributed by atoms with E-state index in [4.69, 9.17) is 4.74 Å². The molecule has 1 N–H and O–H groups in total. The summed E-state index contributed by atoms with van der Waals surface area (Å²) in [7, 11) is 1.88. The van der Waals surface area contributed by atoms with Gasteiger partial charge in [-0.1, -0.05) is 19.8 Å². The minimum atomic E-state index is 0.466. The highest BCUT2D eigenvalue weighted by Gasteiger charge is 2.38. The Hall–Kier alpha value is -0.120. The van der Waals surface area contributed by atoms with Crippen molar-refractivity contribution in [3.63, 3.8) is 0 Å². The van der Waals surface area contributed by atoms with Crippen molar-refractivity contribution in [3.05, 3.63) is 0 Å². The molecule has 3 rings (SSSR count). The predicted molar refractivity (Wildman–Crippen MR) is 87.6 cm³/mol. The molecule has 3 atom stereocenters. The van der Waals surface area contributed by atoms with Gasteiger partial charge < -0.3 is 15.0 Å². The number of ether oxygens (including phenoxy) is 1. The highest BCUT2D eigenvalue weighted by molar-refractivity contribution is 4.93. The Labute approximate surface area is 130 Å². The SMILES string of the molecule is COC1CCCN(CC2(CNC3CC3)CCCC(C)C2)C1. The van der Waals surface area contributed by atoms with Crippen molar-refractivity contribution < 1.29 is 4.74 Å². The maximum absolute atomic E-state index is 5.62. The minimum absolute atomic E-state index is 0.466. The Bertz CT molecular complexity index is 331. The molecule has 21 heavy (non-hydrogen) atoms. The first-order valence-electron chi connectivity index (χ1n) is 9.18. The normalized spacial score (nSPS) is 38.6. The highest BCUT2D eigenvalue weighted by atomic mass is 16.5. The molecule has 1 heterocycles. The first kappa shape index (κ1) is 15.8. The maximum Gasteiger partial charge on any atom is 0.0698 e. The minimum Gasteiger partial charge on any atom is -0.380 e. The van der Waals surface area contributed by atoms with E-state index in [1.165, 1.54) is 71.0 Å². The molecule has 3 unspecified atom stereocenters. The van der Waals surface area contributed by atoms with Crippen molar-refractivity contribution in [2.75, 3.05) is 33.3 Å². The number of hydrogen-bond donors (Lipinski definition) is 1. The topological polar surface area (TPSA) is 24.5 Å². The van der Waals surface area contributed by atoms with Crippen LogP contribution in [-0.2, 0) is 4.74 Å². The molecule has 2 aliphatic carbocycles. The first-order valence-corrected chi connectivity index (χ1v) is 9.18. The highest BCUT2D eigenvalue weighted by Crippen LogP contribution is 2.40. The van der Waals surface area contributed by atoms with Crippen LogP contribution in [0.15, 0.2) is 0 Å². The molecule has 0 radical (unpaired) electrons. The molecule has 0 amide bonds. The molecular weight excluding hydrogens is 260 g/mol. The van der Waals surface area contributed by atoms with Crippen molar-refractivity contribution in [2.24, 2.45) is 11.3 Å². The molecule has 0 aromatic rings. The summed E-state index contributed by atoms with van der Waals surface area (Å²) < 4.78 is 5.62. The molecule has 3 nitrogen and oxygen atoms in total. The summed E-state index contributed by atoms with van der Waals surface area (Å²) in [6, 6.07) is 0.840. The molecule has 1 saturated heterocycles. The van der Waals surface area contributed by atoms with Crippen LogP contribution in [0, 0.1) is 11.3 Å². The van der Waals surface area contributed by atoms with E-state index in [0.717, 1.165) is 18.5 Å². The van der Waals surface area contributed by atoms with E-state index in [2.05, 4.69) is 17.1 Å². The van der Waals surface area contributed by atoms with Gasteiger partial charge in [-0.25, -0.2) is 0 Å². The summed E-state index contributed by atoms with van der Waals surface area (Å²) in [5.41, 5.74) is 0.524. The van der Waals surface area contributed by atoms with Crippen LogP contribution in [0.3, 0.4) is 0 Å². The van der Waals surface area contributed by atoms with E-state index in [1.54, 1.807) is 0 Å². The Morgan fingerprint density at radius 3 is 2.76 bits per heavy atom. The van der Waals surface area contributed by atoms with E-state index in [1.807, 2.05) is 7.11 Å². The van der Waals surface area contributed by atoms with Crippen molar-refractivity contribution in [2.45, 2.75) is 70.4 Å². The van der Waals surface area contributed by atoms with E-state index in [-0.39, 0.29) is 0 Å². The summed E-state index contributed by atoms with van der Waals surface area (Å²) in [5.74, 6) is 0.905. The number of nitrogens with one attached hydrogen (secondary N) is 1. The van der Waals surface area contributed by atoms with Gasteiger partial charge in [0.15, 0.2) is 0 Å². The van der Waals surface area contributed by atoms with Gasteiger partial charge in [-0.3, -0.25) is 0 Å². The second-order valence-electron chi connectivity index (χ2n) is 8.09. The number of methoxy groups -OCH3 is 1. The molecule has 0 aromatic carbocycles. The summed E-state index contributed by atoms with van der Waals surface area (Å²) in [5, 5.41) is 3.84. The Balaban J connectivity index is 1.60. The van der Waals surface area contributed by atoms with Gasteiger partial charge in [0.25, 0.3) is 0 Å². The monoisotopic (exact) mass is 294 g/mol. The van der Waals surface area contributed by atoms with Gasteiger partial charge in [0, 0.05) is 32.8 Å². The molecule has 2 saturated carbocycles. The summed E-state index contributed by atoms with van der Waals surface area (Å²) in [6.45, 7) is 7.42. The average molecular weight is 294 g/mol. The lowest BCUT2D eigenvalue weighted by Gasteiger charge is -2.45. The summed E-state index contributed by atoms with van der Waals surface area (Å²) >= 11 is 0. The van der Waals surface area contributed by atoms with Crippen molar-refractivity contribution in [1.82, 2.24) is 10.2 Å². The lowest BCUT2D eigenvalue weighted by atomic mass is 9.69. The molecule has 1 aliphatic heterocycles. The van der Waals surface area contributed by atoms with Gasteiger partial charge in [-0.15, -0.1) is 0 Å². The Morgan fingerprint density at radius 2 is 2.05 bits per heavy atom. The fraction of sp³-hybridized carbons (Fsp3) is 1.00. The summed E-state index contributed by atoms with van der Waals surface area (Å²) in [4.78, 5) is 2.70. The third-order valence-corrected chi connectivity index (χ3v) is 5.88. The van der Waals surface area contributed by atoms with E-state index in [0.29, 0.717) is 11.5 Å². The molecule has 122 valence electrons. The van der Waals surface area contributed by atoms with Gasteiger partial charge in [0.2, 0.25) is 0 Å². The van der Waals surface area contributed by atoms with Crippen molar-refractivity contribution >= 4 is 0 Å². The lowest BCUT2D eigenvalue weighted by Crippen LogP contribution is -2.50. The molecule has 0 bridgehead atoms. The molecular formula is C18H34N2O. The van der Waals surface area contributed by atoms with Crippen LogP contribution in [0.1, 0.15) is 58.3 Å². The van der Waals surface area contributed by atoms with Crippen LogP contribution < -0.4 is 5.32 Å². The predicted octanol–water partition coefficient (Wildman–Crippen LogP) is 3.05. The third kappa shape index (κ3) is 4.43. The van der Waals surface area contributed by atoms with Crippen LogP contribution in [-0.4, -0.2) is 50.3 Å². The van der Waals surface area contributed by atoms with Gasteiger partial charge in [0.1, 0.15) is 0 Å². The van der Waals surface area contributed by atoms with Crippen LogP contribution in [0.4, 0.5) is 0 Å². The number of rotatable bonds is 6. The lowest BCUT2D eigenvalue weighted by molar-refractivity contribution is 0.00197. The van der Waals surface area contributed by atoms with Crippen molar-refractivity contribution in [3.8, 4) is 0 Å². The Kier molecular flexibility index (Phi) is 5.23. The van der Waals surface area contributed by atoms with Gasteiger partial charge in [-0.05, 0) is 56.4 Å². The fourth-order valence-electron chi connectivity index (χ4n) is 4.60. The van der Waals surface area contributed by atoms with E-state index in [9.17, 15) is 0 Å². The Morgan fingerprint density at radius 1 is 1.19 bits per heavy atom. The largest absolute Gasteiger partial charge is 0.380 e. The van der Waals surface area contributed by atoms with Crippen LogP contribution in [0.2, 0.25) is 0 Å². The van der Waals surface area contributed by atoms with Crippen LogP contribution in [0.5, 0.6) is 0 Å². The van der Waals surface area contributed by atoms with Gasteiger partial charge >= 0.3 is 0 Å². The number of likely N-dealkylation sites (tertiary alicyclic amines) is 1. The van der Waals surface area contributed by atoms with Crippen LogP contribution >= 0.6 is 0 Å². The quantitative estimate of drug-likeness (QED) is 0.815. The maximum atomic E-state index is 5.62. The zero-order valence-electron chi connectivity index (χ0n) is 14.1. The fourth-order valence-corrected chi connectivity index (χ4v) is 4.60. The van der Waals surface area contributed by atoms with Crippen molar-refractivity contribution in [1.29, 1.82) is 0 Å². The zero-order chi connectivity index (χ0) is 14.7. The molecule has 3 fully saturated rings. The second-order valence-corrected chi connectivity index (χ2v) is 8.09. The summed E-state index contributed by atoms with van der Waals surface area (Å²) in [6.07, 6.45) is 11.5. The van der Waals surface area contributed by atoms with Crippen LogP contribution in [0.25, 0.3) is 0 Å².